The first kappa shape index (κ1) is 14.7. The molecule has 100 valence electrons. The molecule has 0 saturated carbocycles. The Morgan fingerprint density at radius 3 is 2.28 bits per heavy atom. The van der Waals surface area contributed by atoms with E-state index in [0.717, 1.165) is 0 Å². The van der Waals surface area contributed by atoms with Crippen LogP contribution in [0.5, 0.6) is 0 Å². The zero-order valence-corrected chi connectivity index (χ0v) is 11.7. The minimum atomic E-state index is -0.815. The molecule has 2 N–H and O–H groups in total. The number of carbonyl (C=O) groups is 1. The van der Waals surface area contributed by atoms with Crippen LogP contribution in [0.1, 0.15) is 44.7 Å². The van der Waals surface area contributed by atoms with Crippen LogP contribution in [-0.4, -0.2) is 24.2 Å². The number of nitrogens with one attached hydrogen (secondary N) is 1. The van der Waals surface area contributed by atoms with Gasteiger partial charge in [0.1, 0.15) is 0 Å². The molecule has 0 fully saturated rings. The Morgan fingerprint density at radius 2 is 1.83 bits per heavy atom. The molecule has 0 radical (unpaired) electrons. The Labute approximate surface area is 109 Å². The normalized spacial score (nSPS) is 13.3. The third-order valence-corrected chi connectivity index (χ3v) is 3.07. The van der Waals surface area contributed by atoms with E-state index >= 15 is 0 Å². The maximum atomic E-state index is 10.4. The van der Waals surface area contributed by atoms with Crippen LogP contribution in [0.3, 0.4) is 0 Å². The van der Waals surface area contributed by atoms with Crippen molar-refractivity contribution in [3.8, 4) is 0 Å². The van der Waals surface area contributed by atoms with Crippen LogP contribution in [0.2, 0.25) is 0 Å². The lowest BCUT2D eigenvalue weighted by atomic mass is 9.86. The SMILES string of the molecule is C[C@@H](CNCC(=O)O)c1ccc(C(C)(C)C)cc1. The molecule has 0 amide bonds. The van der Waals surface area contributed by atoms with Gasteiger partial charge in [0.2, 0.25) is 0 Å². The van der Waals surface area contributed by atoms with Gasteiger partial charge in [0.25, 0.3) is 0 Å². The molecule has 0 bridgehead atoms. The van der Waals surface area contributed by atoms with Crippen molar-refractivity contribution in [3.63, 3.8) is 0 Å². The highest BCUT2D eigenvalue weighted by molar-refractivity contribution is 5.68. The topological polar surface area (TPSA) is 49.3 Å². The first-order valence-electron chi connectivity index (χ1n) is 6.33. The molecule has 18 heavy (non-hydrogen) atoms. The molecule has 3 heteroatoms. The van der Waals surface area contributed by atoms with E-state index in [2.05, 4.69) is 57.3 Å². The predicted octanol–water partition coefficient (Wildman–Crippen LogP) is 2.76. The van der Waals surface area contributed by atoms with Crippen LogP contribution in [0.4, 0.5) is 0 Å². The molecule has 1 rings (SSSR count). The number of rotatable bonds is 5. The Morgan fingerprint density at radius 1 is 1.28 bits per heavy atom. The molecular formula is C15H23NO2. The summed E-state index contributed by atoms with van der Waals surface area (Å²) in [6.07, 6.45) is 0. The van der Waals surface area contributed by atoms with Crippen LogP contribution in [0.15, 0.2) is 24.3 Å². The van der Waals surface area contributed by atoms with Crippen molar-refractivity contribution >= 4 is 5.97 Å². The van der Waals surface area contributed by atoms with Gasteiger partial charge < -0.3 is 10.4 Å². The van der Waals surface area contributed by atoms with Crippen LogP contribution in [0, 0.1) is 0 Å². The lowest BCUT2D eigenvalue weighted by Gasteiger charge is -2.20. The highest BCUT2D eigenvalue weighted by Crippen LogP contribution is 2.24. The molecule has 0 aromatic heterocycles. The second-order valence-corrected chi connectivity index (χ2v) is 5.80. The maximum absolute atomic E-state index is 10.4. The van der Waals surface area contributed by atoms with Crippen molar-refractivity contribution in [2.24, 2.45) is 0 Å². The van der Waals surface area contributed by atoms with Crippen molar-refractivity contribution in [3.05, 3.63) is 35.4 Å². The second kappa shape index (κ2) is 6.01. The van der Waals surface area contributed by atoms with Crippen molar-refractivity contribution in [1.29, 1.82) is 0 Å². The smallest absolute Gasteiger partial charge is 0.317 e. The molecule has 0 aliphatic carbocycles. The Bertz CT molecular complexity index is 390. The standard InChI is InChI=1S/C15H23NO2/c1-11(9-16-10-14(17)18)12-5-7-13(8-6-12)15(2,3)4/h5-8,11,16H,9-10H2,1-4H3,(H,17,18)/t11-/m0/s1. The van der Waals surface area contributed by atoms with Crippen molar-refractivity contribution < 1.29 is 9.90 Å². The fraction of sp³-hybridized carbons (Fsp3) is 0.533. The first-order valence-corrected chi connectivity index (χ1v) is 6.33. The van der Waals surface area contributed by atoms with Crippen molar-refractivity contribution in [1.82, 2.24) is 5.32 Å². The Hall–Kier alpha value is -1.35. The van der Waals surface area contributed by atoms with Crippen molar-refractivity contribution in [2.45, 2.75) is 39.0 Å². The molecule has 0 unspecified atom stereocenters. The summed E-state index contributed by atoms with van der Waals surface area (Å²) in [6, 6.07) is 8.58. The summed E-state index contributed by atoms with van der Waals surface area (Å²) in [5, 5.41) is 11.5. The fourth-order valence-electron chi connectivity index (χ4n) is 1.83. The molecule has 3 nitrogen and oxygen atoms in total. The van der Waals surface area contributed by atoms with Crippen molar-refractivity contribution in [2.75, 3.05) is 13.1 Å². The zero-order chi connectivity index (χ0) is 13.8. The number of aliphatic carboxylic acids is 1. The van der Waals surface area contributed by atoms with E-state index < -0.39 is 5.97 Å². The summed E-state index contributed by atoms with van der Waals surface area (Å²) < 4.78 is 0. The number of carboxylic acids is 1. The van der Waals surface area contributed by atoms with E-state index in [1.54, 1.807) is 0 Å². The van der Waals surface area contributed by atoms with Gasteiger partial charge in [-0.05, 0) is 22.5 Å². The summed E-state index contributed by atoms with van der Waals surface area (Å²) in [5.41, 5.74) is 2.72. The minimum Gasteiger partial charge on any atom is -0.480 e. The second-order valence-electron chi connectivity index (χ2n) is 5.80. The molecule has 0 spiro atoms. The maximum Gasteiger partial charge on any atom is 0.317 e. The molecule has 1 aromatic carbocycles. The predicted molar refractivity (Wildman–Crippen MR) is 74.1 cm³/mol. The minimum absolute atomic E-state index is 0.0183. The van der Waals surface area contributed by atoms with Gasteiger partial charge >= 0.3 is 5.97 Å². The van der Waals surface area contributed by atoms with E-state index in [4.69, 9.17) is 5.11 Å². The van der Waals surface area contributed by atoms with Crippen LogP contribution < -0.4 is 5.32 Å². The fourth-order valence-corrected chi connectivity index (χ4v) is 1.83. The first-order chi connectivity index (χ1) is 8.30. The molecule has 0 aliphatic heterocycles. The van der Waals surface area contributed by atoms with E-state index in [-0.39, 0.29) is 12.0 Å². The summed E-state index contributed by atoms with van der Waals surface area (Å²) >= 11 is 0. The van der Waals surface area contributed by atoms with Gasteiger partial charge in [0.05, 0.1) is 6.54 Å². The zero-order valence-electron chi connectivity index (χ0n) is 11.7. The Kier molecular flexibility index (Phi) is 4.91. The third-order valence-electron chi connectivity index (χ3n) is 3.07. The lowest BCUT2D eigenvalue weighted by Crippen LogP contribution is -2.26. The molecule has 0 heterocycles. The van der Waals surface area contributed by atoms with E-state index in [9.17, 15) is 4.79 Å². The van der Waals surface area contributed by atoms with Gasteiger partial charge in [-0.3, -0.25) is 4.79 Å². The molecule has 1 atom stereocenters. The van der Waals surface area contributed by atoms with Gasteiger partial charge in [-0.1, -0.05) is 52.0 Å². The average Bonchev–Trinajstić information content (AvgIpc) is 2.27. The molecule has 1 aromatic rings. The van der Waals surface area contributed by atoms with Gasteiger partial charge in [0.15, 0.2) is 0 Å². The number of hydrogen-bond acceptors (Lipinski definition) is 2. The van der Waals surface area contributed by atoms with Crippen LogP contribution in [0.25, 0.3) is 0 Å². The monoisotopic (exact) mass is 249 g/mol. The number of carboxylic acid groups (broad SMARTS) is 1. The van der Waals surface area contributed by atoms with Gasteiger partial charge in [-0.25, -0.2) is 0 Å². The van der Waals surface area contributed by atoms with Gasteiger partial charge in [0, 0.05) is 6.54 Å². The summed E-state index contributed by atoms with van der Waals surface area (Å²) in [4.78, 5) is 10.4. The van der Waals surface area contributed by atoms with Gasteiger partial charge in [-0.2, -0.15) is 0 Å². The largest absolute Gasteiger partial charge is 0.480 e. The number of hydrogen-bond donors (Lipinski definition) is 2. The third kappa shape index (κ3) is 4.49. The van der Waals surface area contributed by atoms with E-state index in [0.29, 0.717) is 12.5 Å². The highest BCUT2D eigenvalue weighted by atomic mass is 16.4. The Balaban J connectivity index is 2.59. The summed E-state index contributed by atoms with van der Waals surface area (Å²) in [7, 11) is 0. The van der Waals surface area contributed by atoms with Crippen LogP contribution >= 0.6 is 0 Å². The summed E-state index contributed by atoms with van der Waals surface area (Å²) in [6.45, 7) is 9.38. The lowest BCUT2D eigenvalue weighted by molar-refractivity contribution is -0.135. The average molecular weight is 249 g/mol. The van der Waals surface area contributed by atoms with Gasteiger partial charge in [-0.15, -0.1) is 0 Å². The molecule has 0 saturated heterocycles. The molecular weight excluding hydrogens is 226 g/mol. The van der Waals surface area contributed by atoms with Crippen LogP contribution in [-0.2, 0) is 10.2 Å². The van der Waals surface area contributed by atoms with E-state index in [1.165, 1.54) is 11.1 Å². The summed E-state index contributed by atoms with van der Waals surface area (Å²) in [5.74, 6) is -0.497. The highest BCUT2D eigenvalue weighted by Gasteiger charge is 2.14. The van der Waals surface area contributed by atoms with E-state index in [1.807, 2.05) is 0 Å². The molecule has 0 aliphatic rings. The number of benzene rings is 1. The quantitative estimate of drug-likeness (QED) is 0.843.